The number of halogens is 2. The van der Waals surface area contributed by atoms with Gasteiger partial charge < -0.3 is 4.57 Å². The third-order valence-corrected chi connectivity index (χ3v) is 3.47. The van der Waals surface area contributed by atoms with Crippen molar-refractivity contribution in [2.75, 3.05) is 0 Å². The van der Waals surface area contributed by atoms with Crippen LogP contribution < -0.4 is 0 Å². The van der Waals surface area contributed by atoms with Crippen LogP contribution in [0.15, 0.2) is 30.2 Å². The molecule has 102 valence electrons. The van der Waals surface area contributed by atoms with Gasteiger partial charge in [-0.15, -0.1) is 16.8 Å². The lowest BCUT2D eigenvalue weighted by Gasteiger charge is -2.07. The Labute approximate surface area is 113 Å². The lowest BCUT2D eigenvalue weighted by Crippen LogP contribution is -2.04. The van der Waals surface area contributed by atoms with Crippen LogP contribution in [0.25, 0.3) is 0 Å². The second-order valence-electron chi connectivity index (χ2n) is 3.75. The highest BCUT2D eigenvalue weighted by molar-refractivity contribution is 7.98. The minimum Gasteiger partial charge on any atom is -0.302 e. The molecule has 5 nitrogen and oxygen atoms in total. The Kier molecular flexibility index (Phi) is 4.31. The van der Waals surface area contributed by atoms with Gasteiger partial charge in [-0.05, 0) is 6.92 Å². The van der Waals surface area contributed by atoms with Crippen LogP contribution in [0.1, 0.15) is 18.2 Å². The number of alkyl halides is 2. The van der Waals surface area contributed by atoms with Crippen LogP contribution in [0, 0.1) is 6.92 Å². The van der Waals surface area contributed by atoms with E-state index in [1.54, 1.807) is 6.08 Å². The highest BCUT2D eigenvalue weighted by Crippen LogP contribution is 2.23. The molecule has 0 saturated carbocycles. The Morgan fingerprint density at radius 2 is 2.26 bits per heavy atom. The first kappa shape index (κ1) is 13.7. The number of hydrogen-bond acceptors (Lipinski definition) is 4. The molecule has 19 heavy (non-hydrogen) atoms. The third kappa shape index (κ3) is 3.01. The van der Waals surface area contributed by atoms with Gasteiger partial charge in [0.05, 0.1) is 5.75 Å². The van der Waals surface area contributed by atoms with E-state index < -0.39 is 6.55 Å². The summed E-state index contributed by atoms with van der Waals surface area (Å²) in [5.74, 6) is 1.39. The van der Waals surface area contributed by atoms with Crippen molar-refractivity contribution in [3.63, 3.8) is 0 Å². The second-order valence-corrected chi connectivity index (χ2v) is 4.69. The molecule has 0 amide bonds. The maximum Gasteiger partial charge on any atom is 0.319 e. The molecule has 8 heteroatoms. The Bertz CT molecular complexity index is 563. The predicted molar refractivity (Wildman–Crippen MR) is 68.0 cm³/mol. The van der Waals surface area contributed by atoms with E-state index in [2.05, 4.69) is 21.8 Å². The van der Waals surface area contributed by atoms with Crippen molar-refractivity contribution in [3.05, 3.63) is 36.7 Å². The number of nitrogens with zero attached hydrogens (tertiary/aromatic N) is 5. The molecule has 0 saturated heterocycles. The van der Waals surface area contributed by atoms with Gasteiger partial charge in [-0.2, -0.15) is 8.78 Å². The van der Waals surface area contributed by atoms with Gasteiger partial charge in [0, 0.05) is 18.9 Å². The molecular weight excluding hydrogens is 272 g/mol. The van der Waals surface area contributed by atoms with Crippen molar-refractivity contribution < 1.29 is 8.78 Å². The zero-order valence-corrected chi connectivity index (χ0v) is 11.1. The van der Waals surface area contributed by atoms with Gasteiger partial charge in [-0.25, -0.2) is 4.98 Å². The number of thioether (sulfide) groups is 1. The summed E-state index contributed by atoms with van der Waals surface area (Å²) in [6.07, 6.45) is 4.36. The first-order valence-corrected chi connectivity index (χ1v) is 6.55. The molecule has 0 N–H and O–H groups in total. The van der Waals surface area contributed by atoms with E-state index in [1.807, 2.05) is 11.5 Å². The summed E-state index contributed by atoms with van der Waals surface area (Å²) in [6, 6.07) is 0. The maximum atomic E-state index is 12.7. The number of allylic oxidation sites excluding steroid dienone is 1. The van der Waals surface area contributed by atoms with Crippen molar-refractivity contribution in [2.24, 2.45) is 0 Å². The van der Waals surface area contributed by atoms with Crippen LogP contribution in [0.3, 0.4) is 0 Å². The molecule has 0 fully saturated rings. The normalized spacial score (nSPS) is 11.2. The van der Waals surface area contributed by atoms with Crippen molar-refractivity contribution in [1.82, 2.24) is 24.3 Å². The zero-order chi connectivity index (χ0) is 13.8. The maximum absolute atomic E-state index is 12.7. The van der Waals surface area contributed by atoms with Crippen LogP contribution in [0.2, 0.25) is 0 Å². The first-order valence-electron chi connectivity index (χ1n) is 5.57. The zero-order valence-electron chi connectivity index (χ0n) is 10.3. The number of aromatic nitrogens is 5. The molecule has 0 radical (unpaired) electrons. The van der Waals surface area contributed by atoms with E-state index in [0.717, 1.165) is 10.4 Å². The summed E-state index contributed by atoms with van der Waals surface area (Å²) >= 11 is 1.32. The molecule has 0 spiro atoms. The number of aryl methyl sites for hydroxylation is 1. The second kappa shape index (κ2) is 5.96. The van der Waals surface area contributed by atoms with Gasteiger partial charge in [-0.1, -0.05) is 17.8 Å². The van der Waals surface area contributed by atoms with Gasteiger partial charge in [0.15, 0.2) is 5.16 Å². The van der Waals surface area contributed by atoms with Crippen molar-refractivity contribution >= 4 is 11.8 Å². The molecule has 0 unspecified atom stereocenters. The molecule has 2 rings (SSSR count). The van der Waals surface area contributed by atoms with Gasteiger partial charge >= 0.3 is 6.55 Å². The summed E-state index contributed by atoms with van der Waals surface area (Å²) in [7, 11) is 0. The first-order chi connectivity index (χ1) is 9.13. The molecule has 0 aliphatic rings. The highest BCUT2D eigenvalue weighted by Gasteiger charge is 2.14. The van der Waals surface area contributed by atoms with Crippen LogP contribution in [-0.2, 0) is 12.3 Å². The van der Waals surface area contributed by atoms with E-state index in [4.69, 9.17) is 0 Å². The fourth-order valence-electron chi connectivity index (χ4n) is 1.57. The third-order valence-electron chi connectivity index (χ3n) is 2.50. The van der Waals surface area contributed by atoms with Crippen LogP contribution in [-0.4, -0.2) is 24.3 Å². The Morgan fingerprint density at radius 3 is 2.95 bits per heavy atom. The molecule has 0 aliphatic carbocycles. The molecule has 0 aliphatic heterocycles. The molecular formula is C11H13F2N5S. The largest absolute Gasteiger partial charge is 0.319 e. The van der Waals surface area contributed by atoms with Gasteiger partial charge in [0.2, 0.25) is 0 Å². The Morgan fingerprint density at radius 1 is 1.47 bits per heavy atom. The van der Waals surface area contributed by atoms with E-state index in [-0.39, 0.29) is 0 Å². The van der Waals surface area contributed by atoms with Crippen molar-refractivity contribution in [2.45, 2.75) is 30.9 Å². The number of hydrogen-bond donors (Lipinski definition) is 0. The van der Waals surface area contributed by atoms with Crippen molar-refractivity contribution in [3.8, 4) is 0 Å². The molecule has 2 heterocycles. The summed E-state index contributed by atoms with van der Waals surface area (Å²) in [5, 5.41) is 8.64. The van der Waals surface area contributed by atoms with Crippen molar-refractivity contribution in [1.29, 1.82) is 0 Å². The van der Waals surface area contributed by atoms with Gasteiger partial charge in [-0.3, -0.25) is 4.57 Å². The topological polar surface area (TPSA) is 48.5 Å². The predicted octanol–water partition coefficient (Wildman–Crippen LogP) is 2.66. The number of imidazole rings is 1. The average Bonchev–Trinajstić information content (AvgIpc) is 2.96. The lowest BCUT2D eigenvalue weighted by atomic mass is 10.6. The van der Waals surface area contributed by atoms with Crippen LogP contribution in [0.5, 0.6) is 0 Å². The summed E-state index contributed by atoms with van der Waals surface area (Å²) in [5.41, 5.74) is 0. The Balaban J connectivity index is 2.10. The van der Waals surface area contributed by atoms with E-state index in [0.29, 0.717) is 23.3 Å². The molecule has 2 aromatic rings. The van der Waals surface area contributed by atoms with E-state index in [9.17, 15) is 8.78 Å². The lowest BCUT2D eigenvalue weighted by molar-refractivity contribution is 0.0678. The molecule has 0 bridgehead atoms. The monoisotopic (exact) mass is 285 g/mol. The summed E-state index contributed by atoms with van der Waals surface area (Å²) in [4.78, 5) is 3.92. The SMILES string of the molecule is C=CCn1c(C)nnc1SCc1nccn1C(F)F. The molecule has 0 atom stereocenters. The van der Waals surface area contributed by atoms with E-state index >= 15 is 0 Å². The standard InChI is InChI=1S/C11H13F2N5S/c1-3-5-17-8(2)15-16-11(17)19-7-9-14-4-6-18(9)10(12)13/h3-4,6,10H,1,5,7H2,2H3. The molecule has 0 aromatic carbocycles. The van der Waals surface area contributed by atoms with E-state index in [1.165, 1.54) is 24.2 Å². The number of rotatable bonds is 6. The quantitative estimate of drug-likeness (QED) is 0.605. The van der Waals surface area contributed by atoms with Crippen LogP contribution in [0.4, 0.5) is 8.78 Å². The minimum absolute atomic E-state index is 0.311. The highest BCUT2D eigenvalue weighted by atomic mass is 32.2. The van der Waals surface area contributed by atoms with Gasteiger partial charge in [0.25, 0.3) is 0 Å². The smallest absolute Gasteiger partial charge is 0.302 e. The summed E-state index contributed by atoms with van der Waals surface area (Å²) < 4.78 is 28.0. The minimum atomic E-state index is -2.58. The van der Waals surface area contributed by atoms with Crippen LogP contribution >= 0.6 is 11.8 Å². The Hall–Kier alpha value is -1.70. The fraction of sp³-hybridized carbons (Fsp3) is 0.364. The fourth-order valence-corrected chi connectivity index (χ4v) is 2.51. The molecule has 2 aromatic heterocycles. The average molecular weight is 285 g/mol. The van der Waals surface area contributed by atoms with Gasteiger partial charge in [0.1, 0.15) is 11.6 Å². The summed E-state index contributed by atoms with van der Waals surface area (Å²) in [6.45, 7) is 3.51.